The van der Waals surface area contributed by atoms with Crippen molar-refractivity contribution in [3.63, 3.8) is 0 Å². The Labute approximate surface area is 370 Å². The topological polar surface area (TPSA) is 43.2 Å². The van der Waals surface area contributed by atoms with E-state index < -0.39 is 5.41 Å². The molecule has 2 unspecified atom stereocenters. The first kappa shape index (κ1) is 35.3. The van der Waals surface area contributed by atoms with Crippen molar-refractivity contribution in [3.8, 4) is 45.3 Å². The summed E-state index contributed by atoms with van der Waals surface area (Å²) < 4.78 is 9.70. The van der Waals surface area contributed by atoms with E-state index in [1.54, 1.807) is 0 Å². The molecule has 10 aromatic rings. The molecule has 2 atom stereocenters. The highest BCUT2D eigenvalue weighted by Crippen LogP contribution is 2.62. The van der Waals surface area contributed by atoms with Gasteiger partial charge in [-0.3, -0.25) is 0 Å². The number of hydrogen-bond donors (Lipinski definition) is 0. The third-order valence-electron chi connectivity index (χ3n) is 13.9. The number of para-hydroxylation sites is 5. The molecule has 5 heteroatoms. The Morgan fingerprint density at radius 2 is 1.16 bits per heavy atom. The second-order valence-corrected chi connectivity index (χ2v) is 17.2. The number of ether oxygens (including phenoxy) is 1. The lowest BCUT2D eigenvalue weighted by atomic mass is 9.60. The van der Waals surface area contributed by atoms with E-state index in [4.69, 9.17) is 14.7 Å². The highest BCUT2D eigenvalue weighted by molar-refractivity contribution is 6.12. The predicted octanol–water partition coefficient (Wildman–Crippen LogP) is 13.9. The van der Waals surface area contributed by atoms with Crippen LogP contribution in [0, 0.1) is 0 Å². The predicted molar refractivity (Wildman–Crippen MR) is 258 cm³/mol. The molecule has 0 fully saturated rings. The molecule has 4 aliphatic rings. The normalized spacial score (nSPS) is 17.7. The molecule has 3 aliphatic heterocycles. The van der Waals surface area contributed by atoms with Crippen LogP contribution in [0.4, 0.5) is 11.4 Å². The van der Waals surface area contributed by atoms with E-state index >= 15 is 0 Å². The third-order valence-corrected chi connectivity index (χ3v) is 13.9. The lowest BCUT2D eigenvalue weighted by Gasteiger charge is -2.47. The maximum Gasteiger partial charge on any atom is 0.160 e. The minimum atomic E-state index is -0.620. The van der Waals surface area contributed by atoms with Gasteiger partial charge in [0.15, 0.2) is 5.82 Å². The number of benzene rings is 8. The van der Waals surface area contributed by atoms with Crippen molar-refractivity contribution in [3.05, 3.63) is 246 Å². The minimum absolute atomic E-state index is 0.0000493. The molecule has 0 saturated heterocycles. The molecule has 1 spiro atoms. The first-order chi connectivity index (χ1) is 31.7. The van der Waals surface area contributed by atoms with E-state index in [1.165, 1.54) is 66.6 Å². The molecule has 64 heavy (non-hydrogen) atoms. The minimum Gasteiger partial charge on any atom is -0.461 e. The summed E-state index contributed by atoms with van der Waals surface area (Å²) in [5, 5.41) is 2.53. The van der Waals surface area contributed by atoms with Gasteiger partial charge in [0, 0.05) is 62.0 Å². The standard InChI is InChI=1S/C59H38N4O/c1-3-17-37(18-4-1)49-35-50(61-58(60-49)38-19-5-2-6-20-38)39-21-15-22-40(33-39)62-51-29-11-8-24-42(51)44-34-48-56(36-54(44)62)64-55-32-14-10-27-46(55)59(48)45-26-9-13-31-53(45)63-52-30-12-7-23-41(52)43-25-16-28-47(59)57(43)63/h1-35,54H,36H2. The molecular formula is C59H38N4O. The number of anilines is 2. The van der Waals surface area contributed by atoms with Crippen LogP contribution in [0.25, 0.3) is 67.0 Å². The van der Waals surface area contributed by atoms with Gasteiger partial charge in [-0.1, -0.05) is 164 Å². The first-order valence-corrected chi connectivity index (χ1v) is 22.1. The van der Waals surface area contributed by atoms with E-state index in [1.807, 2.05) is 24.3 Å². The molecule has 1 aliphatic carbocycles. The van der Waals surface area contributed by atoms with Crippen LogP contribution in [0.1, 0.15) is 28.7 Å². The summed E-state index contributed by atoms with van der Waals surface area (Å²) in [6, 6.07) is 74.1. The smallest absolute Gasteiger partial charge is 0.160 e. The Bertz CT molecular complexity index is 3580. The summed E-state index contributed by atoms with van der Waals surface area (Å²) in [7, 11) is 0. The van der Waals surface area contributed by atoms with Gasteiger partial charge in [-0.2, -0.15) is 0 Å². The van der Waals surface area contributed by atoms with Gasteiger partial charge in [-0.25, -0.2) is 9.97 Å². The van der Waals surface area contributed by atoms with Crippen LogP contribution in [0.3, 0.4) is 0 Å². The van der Waals surface area contributed by atoms with Crippen molar-refractivity contribution in [1.29, 1.82) is 0 Å². The van der Waals surface area contributed by atoms with Gasteiger partial charge >= 0.3 is 0 Å². The summed E-state index contributed by atoms with van der Waals surface area (Å²) in [5.41, 5.74) is 17.7. The fourth-order valence-corrected chi connectivity index (χ4v) is 11.4. The van der Waals surface area contributed by atoms with Crippen LogP contribution in [-0.4, -0.2) is 20.6 Å². The number of aromatic nitrogens is 3. The van der Waals surface area contributed by atoms with Crippen molar-refractivity contribution in [2.75, 3.05) is 4.90 Å². The Kier molecular flexibility index (Phi) is 7.37. The molecule has 5 nitrogen and oxygen atoms in total. The van der Waals surface area contributed by atoms with E-state index in [-0.39, 0.29) is 6.04 Å². The van der Waals surface area contributed by atoms with Gasteiger partial charge in [-0.05, 0) is 65.2 Å². The zero-order valence-corrected chi connectivity index (χ0v) is 34.7. The van der Waals surface area contributed by atoms with Gasteiger partial charge in [0.25, 0.3) is 0 Å². The van der Waals surface area contributed by atoms with Gasteiger partial charge in [0.05, 0.1) is 39.6 Å². The van der Waals surface area contributed by atoms with Gasteiger partial charge < -0.3 is 14.2 Å². The SMILES string of the molecule is C1=C2c3ccccc3N(c3cccc(-c4cc(-c5ccccc5)nc(-c5ccccc5)n4)c3)C2CC2=C1C1(c3ccccc3O2)c2ccccc2-n2c3ccccc3c3cccc1c32. The Balaban J connectivity index is 0.960. The molecule has 0 bridgehead atoms. The lowest BCUT2D eigenvalue weighted by molar-refractivity contribution is 0.358. The zero-order chi connectivity index (χ0) is 41.9. The van der Waals surface area contributed by atoms with Crippen LogP contribution in [0.5, 0.6) is 5.75 Å². The number of fused-ring (bicyclic) bond motifs is 13. The van der Waals surface area contributed by atoms with Crippen LogP contribution in [-0.2, 0) is 5.41 Å². The van der Waals surface area contributed by atoms with Gasteiger partial charge in [0.1, 0.15) is 11.5 Å². The molecule has 8 aromatic carbocycles. The summed E-state index contributed by atoms with van der Waals surface area (Å²) in [5.74, 6) is 2.62. The molecule has 0 N–H and O–H groups in total. The maximum absolute atomic E-state index is 7.20. The Morgan fingerprint density at radius 3 is 2.02 bits per heavy atom. The van der Waals surface area contributed by atoms with E-state index in [2.05, 4.69) is 198 Å². The molecule has 0 radical (unpaired) electrons. The molecule has 5 heterocycles. The van der Waals surface area contributed by atoms with Crippen molar-refractivity contribution < 1.29 is 4.74 Å². The second-order valence-electron chi connectivity index (χ2n) is 17.2. The van der Waals surface area contributed by atoms with E-state index in [0.29, 0.717) is 12.2 Å². The largest absolute Gasteiger partial charge is 0.461 e. The van der Waals surface area contributed by atoms with Gasteiger partial charge in [-0.15, -0.1) is 0 Å². The molecule has 2 aromatic heterocycles. The number of rotatable bonds is 4. The molecule has 14 rings (SSSR count). The van der Waals surface area contributed by atoms with Crippen LogP contribution in [0.15, 0.2) is 224 Å². The monoisotopic (exact) mass is 818 g/mol. The third kappa shape index (κ3) is 4.84. The number of hydrogen-bond acceptors (Lipinski definition) is 4. The number of allylic oxidation sites excluding steroid dienone is 2. The van der Waals surface area contributed by atoms with Gasteiger partial charge in [0.2, 0.25) is 0 Å². The van der Waals surface area contributed by atoms with Crippen molar-refractivity contribution in [2.24, 2.45) is 0 Å². The zero-order valence-electron chi connectivity index (χ0n) is 34.7. The fourth-order valence-electron chi connectivity index (χ4n) is 11.4. The molecule has 0 amide bonds. The van der Waals surface area contributed by atoms with E-state index in [9.17, 15) is 0 Å². The maximum atomic E-state index is 7.20. The van der Waals surface area contributed by atoms with Crippen molar-refractivity contribution in [2.45, 2.75) is 17.9 Å². The fraction of sp³-hybridized carbons (Fsp3) is 0.0508. The molecular weight excluding hydrogens is 781 g/mol. The highest BCUT2D eigenvalue weighted by atomic mass is 16.5. The average molecular weight is 819 g/mol. The molecule has 300 valence electrons. The van der Waals surface area contributed by atoms with Crippen LogP contribution < -0.4 is 9.64 Å². The van der Waals surface area contributed by atoms with E-state index in [0.717, 1.165) is 45.3 Å². The number of nitrogens with zero attached hydrogens (tertiary/aromatic N) is 4. The van der Waals surface area contributed by atoms with Crippen molar-refractivity contribution >= 4 is 38.8 Å². The second kappa shape index (κ2) is 13.4. The Hall–Kier alpha value is -8.28. The molecule has 0 saturated carbocycles. The van der Waals surface area contributed by atoms with Crippen LogP contribution in [0.2, 0.25) is 0 Å². The van der Waals surface area contributed by atoms with Crippen molar-refractivity contribution in [1.82, 2.24) is 14.5 Å². The summed E-state index contributed by atoms with van der Waals surface area (Å²) >= 11 is 0. The first-order valence-electron chi connectivity index (χ1n) is 22.1. The summed E-state index contributed by atoms with van der Waals surface area (Å²) in [6.07, 6.45) is 3.19. The summed E-state index contributed by atoms with van der Waals surface area (Å²) in [4.78, 5) is 12.8. The average Bonchev–Trinajstić information content (AvgIpc) is 3.88. The Morgan fingerprint density at radius 1 is 0.516 bits per heavy atom. The highest BCUT2D eigenvalue weighted by Gasteiger charge is 2.53. The van der Waals surface area contributed by atoms with Crippen LogP contribution >= 0.6 is 0 Å². The summed E-state index contributed by atoms with van der Waals surface area (Å²) in [6.45, 7) is 0. The lowest BCUT2D eigenvalue weighted by Crippen LogP contribution is -2.42. The quantitative estimate of drug-likeness (QED) is 0.177.